The minimum Gasteiger partial charge on any atom is -0.467 e. The predicted molar refractivity (Wildman–Crippen MR) is 93.6 cm³/mol. The van der Waals surface area contributed by atoms with E-state index in [4.69, 9.17) is 9.15 Å². The van der Waals surface area contributed by atoms with Crippen molar-refractivity contribution < 1.29 is 18.7 Å². The van der Waals surface area contributed by atoms with E-state index in [0.717, 1.165) is 30.8 Å². The fourth-order valence-corrected chi connectivity index (χ4v) is 3.16. The van der Waals surface area contributed by atoms with Crippen LogP contribution >= 0.6 is 0 Å². The summed E-state index contributed by atoms with van der Waals surface area (Å²) in [7, 11) is 0. The third-order valence-electron chi connectivity index (χ3n) is 4.53. The average Bonchev–Trinajstić information content (AvgIpc) is 3.27. The summed E-state index contributed by atoms with van der Waals surface area (Å²) in [5.41, 5.74) is 1.97. The van der Waals surface area contributed by atoms with Gasteiger partial charge >= 0.3 is 0 Å². The highest BCUT2D eigenvalue weighted by Crippen LogP contribution is 2.19. The zero-order valence-corrected chi connectivity index (χ0v) is 14.7. The Bertz CT molecular complexity index is 745. The average molecular weight is 341 g/mol. The fraction of sp³-hybridized carbons (Fsp3) is 0.400. The highest BCUT2D eigenvalue weighted by Gasteiger charge is 2.25. The Labute approximate surface area is 147 Å². The zero-order valence-electron chi connectivity index (χ0n) is 14.7. The van der Waals surface area contributed by atoms with Gasteiger partial charge in [0.05, 0.1) is 18.9 Å². The van der Waals surface area contributed by atoms with Crippen molar-refractivity contribution >= 4 is 11.7 Å². The van der Waals surface area contributed by atoms with E-state index in [9.17, 15) is 9.59 Å². The van der Waals surface area contributed by atoms with Gasteiger partial charge in [-0.25, -0.2) is 0 Å². The van der Waals surface area contributed by atoms with Crippen LogP contribution in [0.5, 0.6) is 0 Å². The molecule has 0 N–H and O–H groups in total. The summed E-state index contributed by atoms with van der Waals surface area (Å²) < 4.78 is 11.1. The van der Waals surface area contributed by atoms with Crippen molar-refractivity contribution in [2.75, 3.05) is 13.2 Å². The molecule has 5 nitrogen and oxygen atoms in total. The van der Waals surface area contributed by atoms with E-state index >= 15 is 0 Å². The maximum Gasteiger partial charge on any atom is 0.254 e. The number of hydrogen-bond donors (Lipinski definition) is 0. The van der Waals surface area contributed by atoms with Crippen LogP contribution < -0.4 is 0 Å². The third-order valence-corrected chi connectivity index (χ3v) is 4.53. The van der Waals surface area contributed by atoms with Gasteiger partial charge in [-0.3, -0.25) is 9.59 Å². The number of carbonyl (C=O) groups is 2. The molecule has 25 heavy (non-hydrogen) atoms. The molecule has 1 aromatic heterocycles. The Kier molecular flexibility index (Phi) is 5.34. The number of furan rings is 1. The van der Waals surface area contributed by atoms with E-state index in [2.05, 4.69) is 0 Å². The highest BCUT2D eigenvalue weighted by atomic mass is 16.5. The molecule has 132 valence electrons. The second-order valence-corrected chi connectivity index (χ2v) is 6.49. The number of ketones is 1. The van der Waals surface area contributed by atoms with Gasteiger partial charge in [0.2, 0.25) is 0 Å². The number of nitrogens with zero attached hydrogens (tertiary/aromatic N) is 1. The zero-order chi connectivity index (χ0) is 17.8. The van der Waals surface area contributed by atoms with Crippen molar-refractivity contribution in [1.29, 1.82) is 0 Å². The number of carbonyl (C=O) groups excluding carboxylic acids is 2. The van der Waals surface area contributed by atoms with E-state index in [1.165, 1.54) is 6.92 Å². The number of Topliss-reactive ketones (excluding diaryl/α,β-unsaturated/α-hetero) is 1. The molecule has 1 amide bonds. The first kappa shape index (κ1) is 17.4. The maximum absolute atomic E-state index is 13.1. The lowest BCUT2D eigenvalue weighted by Gasteiger charge is -2.25. The van der Waals surface area contributed by atoms with Gasteiger partial charge in [-0.1, -0.05) is 6.07 Å². The number of hydrogen-bond acceptors (Lipinski definition) is 4. The van der Waals surface area contributed by atoms with Crippen LogP contribution in [0.1, 0.15) is 51.8 Å². The second-order valence-electron chi connectivity index (χ2n) is 6.49. The van der Waals surface area contributed by atoms with Crippen molar-refractivity contribution in [3.05, 3.63) is 59.0 Å². The Morgan fingerprint density at radius 1 is 1.28 bits per heavy atom. The minimum absolute atomic E-state index is 0.0381. The molecule has 3 rings (SSSR count). The van der Waals surface area contributed by atoms with Crippen LogP contribution in [0.2, 0.25) is 0 Å². The predicted octanol–water partition coefficient (Wildman–Crippen LogP) is 3.61. The maximum atomic E-state index is 13.1. The molecular formula is C20H23NO4. The molecule has 0 unspecified atom stereocenters. The summed E-state index contributed by atoms with van der Waals surface area (Å²) >= 11 is 0. The molecule has 2 heterocycles. The Morgan fingerprint density at radius 2 is 2.12 bits per heavy atom. The van der Waals surface area contributed by atoms with Crippen LogP contribution in [0, 0.1) is 6.92 Å². The van der Waals surface area contributed by atoms with Gasteiger partial charge in [0.25, 0.3) is 5.91 Å². The van der Waals surface area contributed by atoms with Crippen LogP contribution in [-0.2, 0) is 11.3 Å². The number of benzene rings is 1. The fourth-order valence-electron chi connectivity index (χ4n) is 3.16. The third kappa shape index (κ3) is 4.17. The monoisotopic (exact) mass is 341 g/mol. The van der Waals surface area contributed by atoms with E-state index in [1.807, 2.05) is 25.1 Å². The van der Waals surface area contributed by atoms with Gasteiger partial charge in [-0.05, 0) is 56.5 Å². The van der Waals surface area contributed by atoms with E-state index < -0.39 is 0 Å². The second kappa shape index (κ2) is 7.66. The molecule has 0 saturated carbocycles. The molecule has 1 aliphatic rings. The molecule has 0 bridgehead atoms. The molecule has 1 aromatic carbocycles. The largest absolute Gasteiger partial charge is 0.467 e. The molecular weight excluding hydrogens is 318 g/mol. The topological polar surface area (TPSA) is 59.8 Å². The lowest BCUT2D eigenvalue weighted by atomic mass is 10.0. The Hall–Kier alpha value is -2.40. The number of rotatable bonds is 6. The van der Waals surface area contributed by atoms with Crippen molar-refractivity contribution in [2.24, 2.45) is 0 Å². The van der Waals surface area contributed by atoms with Gasteiger partial charge in [0.1, 0.15) is 5.76 Å². The van der Waals surface area contributed by atoms with Crippen LogP contribution in [0.3, 0.4) is 0 Å². The van der Waals surface area contributed by atoms with Gasteiger partial charge < -0.3 is 14.1 Å². The molecule has 1 saturated heterocycles. The normalized spacial score (nSPS) is 16.8. The van der Waals surface area contributed by atoms with Crippen molar-refractivity contribution in [3.8, 4) is 0 Å². The highest BCUT2D eigenvalue weighted by molar-refractivity contribution is 6.00. The van der Waals surface area contributed by atoms with E-state index in [-0.39, 0.29) is 17.8 Å². The van der Waals surface area contributed by atoms with Crippen LogP contribution in [0.25, 0.3) is 0 Å². The van der Waals surface area contributed by atoms with Gasteiger partial charge in [0, 0.05) is 24.3 Å². The Morgan fingerprint density at radius 3 is 2.76 bits per heavy atom. The Balaban J connectivity index is 1.84. The molecule has 1 atom stereocenters. The van der Waals surface area contributed by atoms with Crippen molar-refractivity contribution in [3.63, 3.8) is 0 Å². The number of aryl methyl sites for hydroxylation is 1. The quantitative estimate of drug-likeness (QED) is 0.753. The summed E-state index contributed by atoms with van der Waals surface area (Å²) in [6.45, 7) is 5.03. The minimum atomic E-state index is -0.116. The molecule has 2 aromatic rings. The summed E-state index contributed by atoms with van der Waals surface area (Å²) in [6.07, 6.45) is 3.63. The SMILES string of the molecule is CC(=O)c1cc(C(=O)N(Cc2ccco2)C[C@H]2CCCO2)ccc1C. The molecule has 0 spiro atoms. The summed E-state index contributed by atoms with van der Waals surface area (Å²) in [4.78, 5) is 26.6. The molecule has 5 heteroatoms. The standard InChI is InChI=1S/C20H23NO4/c1-14-7-8-16(11-19(14)15(2)22)20(23)21(12-17-5-3-9-24-17)13-18-6-4-10-25-18/h3,5,7-9,11,18H,4,6,10,12-13H2,1-2H3/t18-/m1/s1. The van der Waals surface area contributed by atoms with E-state index in [1.54, 1.807) is 23.3 Å². The summed E-state index contributed by atoms with van der Waals surface area (Å²) in [6, 6.07) is 8.94. The van der Waals surface area contributed by atoms with Gasteiger partial charge in [-0.2, -0.15) is 0 Å². The van der Waals surface area contributed by atoms with Gasteiger partial charge in [-0.15, -0.1) is 0 Å². The van der Waals surface area contributed by atoms with Gasteiger partial charge in [0.15, 0.2) is 5.78 Å². The lowest BCUT2D eigenvalue weighted by molar-refractivity contribution is 0.0491. The molecule has 0 aliphatic carbocycles. The molecule has 1 aliphatic heterocycles. The molecule has 0 radical (unpaired) electrons. The van der Waals surface area contributed by atoms with Crippen molar-refractivity contribution in [1.82, 2.24) is 4.90 Å². The first-order chi connectivity index (χ1) is 12.0. The first-order valence-electron chi connectivity index (χ1n) is 8.59. The number of amides is 1. The number of ether oxygens (including phenoxy) is 1. The van der Waals surface area contributed by atoms with Crippen LogP contribution in [0.4, 0.5) is 0 Å². The van der Waals surface area contributed by atoms with Crippen LogP contribution in [-0.4, -0.2) is 35.8 Å². The first-order valence-corrected chi connectivity index (χ1v) is 8.59. The summed E-state index contributed by atoms with van der Waals surface area (Å²) in [5, 5.41) is 0. The smallest absolute Gasteiger partial charge is 0.254 e. The van der Waals surface area contributed by atoms with Crippen LogP contribution in [0.15, 0.2) is 41.0 Å². The van der Waals surface area contributed by atoms with E-state index in [0.29, 0.717) is 24.2 Å². The lowest BCUT2D eigenvalue weighted by Crippen LogP contribution is -2.37. The summed E-state index contributed by atoms with van der Waals surface area (Å²) in [5.74, 6) is 0.573. The molecule has 1 fully saturated rings. The van der Waals surface area contributed by atoms with Crippen molar-refractivity contribution in [2.45, 2.75) is 39.3 Å².